The van der Waals surface area contributed by atoms with E-state index in [9.17, 15) is 23.5 Å². The van der Waals surface area contributed by atoms with Gasteiger partial charge in [0.15, 0.2) is 0 Å². The van der Waals surface area contributed by atoms with Gasteiger partial charge in [-0.15, -0.1) is 0 Å². The maximum Gasteiger partial charge on any atom is 0.254 e. The Morgan fingerprint density at radius 1 is 0.864 bits per heavy atom. The van der Waals surface area contributed by atoms with Gasteiger partial charge in [0.25, 0.3) is 11.8 Å². The number of nitrogens with zero attached hydrogens (tertiary/aromatic N) is 2. The predicted molar refractivity (Wildman–Crippen MR) is 172 cm³/mol. The molecule has 0 fully saturated rings. The van der Waals surface area contributed by atoms with Gasteiger partial charge >= 0.3 is 0 Å². The van der Waals surface area contributed by atoms with E-state index in [1.807, 2.05) is 58.9 Å². The first-order valence-corrected chi connectivity index (χ1v) is 15.5. The Morgan fingerprint density at radius 2 is 1.45 bits per heavy atom. The quantitative estimate of drug-likeness (QED) is 0.222. The van der Waals surface area contributed by atoms with Gasteiger partial charge < -0.3 is 20.6 Å². The van der Waals surface area contributed by atoms with Gasteiger partial charge in [-0.25, -0.2) is 8.78 Å². The van der Waals surface area contributed by atoms with E-state index in [-0.39, 0.29) is 24.8 Å². The number of carbonyl (C=O) groups is 2. The number of aliphatic hydroxyl groups excluding tert-OH is 1. The zero-order chi connectivity index (χ0) is 32.6. The zero-order valence-corrected chi connectivity index (χ0v) is 26.9. The molecule has 3 N–H and O–H groups in total. The molecule has 2 atom stereocenters. The van der Waals surface area contributed by atoms with Crippen LogP contribution < -0.4 is 5.73 Å². The summed E-state index contributed by atoms with van der Waals surface area (Å²) in [5.74, 6) is -1.94. The van der Waals surface area contributed by atoms with Crippen LogP contribution in [0.15, 0.2) is 60.7 Å². The number of amides is 2. The second-order valence-electron chi connectivity index (χ2n) is 12.1. The monoisotopic (exact) mass is 607 g/mol. The molecule has 238 valence electrons. The van der Waals surface area contributed by atoms with Gasteiger partial charge in [-0.1, -0.05) is 45.0 Å². The molecular formula is C36H47F2N3O3. The third-order valence-electron chi connectivity index (χ3n) is 8.06. The van der Waals surface area contributed by atoms with Gasteiger partial charge in [-0.2, -0.15) is 0 Å². The molecule has 0 radical (unpaired) electrons. The molecule has 0 heterocycles. The highest BCUT2D eigenvalue weighted by Crippen LogP contribution is 2.31. The van der Waals surface area contributed by atoms with Crippen molar-refractivity contribution in [2.45, 2.75) is 84.9 Å². The Bertz CT molecular complexity index is 1420. The summed E-state index contributed by atoms with van der Waals surface area (Å²) in [6.07, 6.45) is 1.25. The first-order valence-electron chi connectivity index (χ1n) is 15.5. The maximum absolute atomic E-state index is 14.4. The standard InChI is InChI=1S/C36H47F2N3O3/c1-7-13-40(14-8-2)34(43)27-15-24(4)16-28(21-27)35(44)41(36(5,6)29-12-10-11-25(9-3)17-29)23-33(42)32(39)20-26-18-30(37)22-31(38)19-26/h10-12,15-19,21-22,32-33,42H,7-9,13-14,20,23,39H2,1-6H3/t32-,33+/m0/s1. The minimum Gasteiger partial charge on any atom is -0.390 e. The Kier molecular flexibility index (Phi) is 12.2. The molecular weight excluding hydrogens is 560 g/mol. The average Bonchev–Trinajstić information content (AvgIpc) is 2.98. The lowest BCUT2D eigenvalue weighted by Gasteiger charge is -2.41. The fourth-order valence-corrected chi connectivity index (χ4v) is 5.58. The number of aliphatic hydroxyl groups is 1. The van der Waals surface area contributed by atoms with Crippen molar-refractivity contribution < 1.29 is 23.5 Å². The third kappa shape index (κ3) is 8.73. The average molecular weight is 608 g/mol. The maximum atomic E-state index is 14.4. The van der Waals surface area contributed by atoms with Crippen LogP contribution in [0.4, 0.5) is 8.78 Å². The number of benzene rings is 3. The van der Waals surface area contributed by atoms with E-state index in [1.54, 1.807) is 28.0 Å². The van der Waals surface area contributed by atoms with Crippen LogP contribution in [0.1, 0.15) is 90.4 Å². The van der Waals surface area contributed by atoms with Crippen LogP contribution in [0, 0.1) is 18.6 Å². The van der Waals surface area contributed by atoms with Crippen molar-refractivity contribution in [1.82, 2.24) is 9.80 Å². The molecule has 8 heteroatoms. The van der Waals surface area contributed by atoms with Crippen LogP contribution in [0.3, 0.4) is 0 Å². The lowest BCUT2D eigenvalue weighted by atomic mass is 9.88. The van der Waals surface area contributed by atoms with Crippen molar-refractivity contribution in [3.8, 4) is 0 Å². The number of nitrogens with two attached hydrogens (primary N) is 1. The molecule has 0 aliphatic rings. The van der Waals surface area contributed by atoms with Gasteiger partial charge in [0, 0.05) is 42.9 Å². The van der Waals surface area contributed by atoms with Crippen LogP contribution in [0.25, 0.3) is 0 Å². The van der Waals surface area contributed by atoms with Crippen LogP contribution in [-0.4, -0.2) is 58.5 Å². The number of halogens is 2. The van der Waals surface area contributed by atoms with E-state index >= 15 is 0 Å². The van der Waals surface area contributed by atoms with E-state index in [2.05, 4.69) is 6.92 Å². The van der Waals surface area contributed by atoms with E-state index in [0.717, 1.165) is 42.0 Å². The van der Waals surface area contributed by atoms with Gasteiger partial charge in [0.05, 0.1) is 11.6 Å². The van der Waals surface area contributed by atoms with Crippen molar-refractivity contribution in [2.24, 2.45) is 5.73 Å². The summed E-state index contributed by atoms with van der Waals surface area (Å²) in [4.78, 5) is 31.3. The molecule has 6 nitrogen and oxygen atoms in total. The van der Waals surface area contributed by atoms with E-state index in [0.29, 0.717) is 29.8 Å². The Balaban J connectivity index is 2.02. The van der Waals surface area contributed by atoms with Crippen LogP contribution >= 0.6 is 0 Å². The molecule has 0 spiro atoms. The lowest BCUT2D eigenvalue weighted by molar-refractivity contribution is 0.0277. The SMILES string of the molecule is CCCN(CCC)C(=O)c1cc(C)cc(C(=O)N(C[C@@H](O)[C@@H](N)Cc2cc(F)cc(F)c2)C(C)(C)c2cccc(CC)c2)c1. The van der Waals surface area contributed by atoms with Gasteiger partial charge in [0.2, 0.25) is 0 Å². The molecule has 0 bridgehead atoms. The van der Waals surface area contributed by atoms with Crippen molar-refractivity contribution in [3.63, 3.8) is 0 Å². The Hall–Kier alpha value is -3.62. The molecule has 0 aliphatic heterocycles. The van der Waals surface area contributed by atoms with Crippen LogP contribution in [0.2, 0.25) is 0 Å². The fraction of sp³-hybridized carbons (Fsp3) is 0.444. The normalized spacial score (nSPS) is 13.0. The number of hydrogen-bond donors (Lipinski definition) is 2. The number of aryl methyl sites for hydroxylation is 2. The largest absolute Gasteiger partial charge is 0.390 e. The first kappa shape index (κ1) is 34.9. The van der Waals surface area contributed by atoms with Gasteiger partial charge in [-0.3, -0.25) is 9.59 Å². The smallest absolute Gasteiger partial charge is 0.254 e. The summed E-state index contributed by atoms with van der Waals surface area (Å²) in [7, 11) is 0. The first-order chi connectivity index (χ1) is 20.8. The Morgan fingerprint density at radius 3 is 2.02 bits per heavy atom. The van der Waals surface area contributed by atoms with E-state index < -0.39 is 29.3 Å². The molecule has 3 aromatic carbocycles. The second kappa shape index (κ2) is 15.4. The summed E-state index contributed by atoms with van der Waals surface area (Å²) < 4.78 is 27.6. The molecule has 44 heavy (non-hydrogen) atoms. The third-order valence-corrected chi connectivity index (χ3v) is 8.06. The van der Waals surface area contributed by atoms with Crippen molar-refractivity contribution in [1.29, 1.82) is 0 Å². The number of rotatable bonds is 14. The number of hydrogen-bond acceptors (Lipinski definition) is 4. The minimum atomic E-state index is -1.21. The highest BCUT2D eigenvalue weighted by atomic mass is 19.1. The predicted octanol–water partition coefficient (Wildman–Crippen LogP) is 6.41. The molecule has 0 saturated carbocycles. The summed E-state index contributed by atoms with van der Waals surface area (Å²) in [6.45, 7) is 12.9. The summed E-state index contributed by atoms with van der Waals surface area (Å²) in [5.41, 5.74) is 9.29. The summed E-state index contributed by atoms with van der Waals surface area (Å²) in [6, 6.07) is 15.4. The summed E-state index contributed by atoms with van der Waals surface area (Å²) >= 11 is 0. The zero-order valence-electron chi connectivity index (χ0n) is 26.9. The van der Waals surface area contributed by atoms with Gasteiger partial charge in [0.1, 0.15) is 11.6 Å². The molecule has 3 aromatic rings. The fourth-order valence-electron chi connectivity index (χ4n) is 5.58. The molecule has 0 aromatic heterocycles. The van der Waals surface area contributed by atoms with E-state index in [1.165, 1.54) is 12.1 Å². The molecule has 0 unspecified atom stereocenters. The number of carbonyl (C=O) groups excluding carboxylic acids is 2. The van der Waals surface area contributed by atoms with Gasteiger partial charge in [-0.05, 0) is 99.0 Å². The Labute approximate surface area is 260 Å². The topological polar surface area (TPSA) is 86.9 Å². The van der Waals surface area contributed by atoms with Crippen molar-refractivity contribution in [2.75, 3.05) is 19.6 Å². The summed E-state index contributed by atoms with van der Waals surface area (Å²) in [5, 5.41) is 11.3. The molecule has 0 aliphatic carbocycles. The highest BCUT2D eigenvalue weighted by molar-refractivity contribution is 6.00. The van der Waals surface area contributed by atoms with Crippen molar-refractivity contribution >= 4 is 11.8 Å². The van der Waals surface area contributed by atoms with E-state index in [4.69, 9.17) is 5.73 Å². The minimum absolute atomic E-state index is 0.0113. The molecule has 2 amide bonds. The molecule has 0 saturated heterocycles. The highest BCUT2D eigenvalue weighted by Gasteiger charge is 2.36. The van der Waals surface area contributed by atoms with Crippen LogP contribution in [0.5, 0.6) is 0 Å². The second-order valence-corrected chi connectivity index (χ2v) is 12.1. The lowest BCUT2D eigenvalue weighted by Crippen LogP contribution is -2.53. The molecule has 3 rings (SSSR count). The van der Waals surface area contributed by atoms with Crippen molar-refractivity contribution in [3.05, 3.63) is 106 Å². The van der Waals surface area contributed by atoms with Crippen LogP contribution in [-0.2, 0) is 18.4 Å².